The van der Waals surface area contributed by atoms with E-state index in [2.05, 4.69) is 9.88 Å². The summed E-state index contributed by atoms with van der Waals surface area (Å²) in [5, 5.41) is 12.1. The molecule has 1 saturated heterocycles. The number of nitrogens with zero attached hydrogens (tertiary/aromatic N) is 3. The number of pyridine rings is 1. The number of fused-ring (bicyclic) bond motifs is 2. The highest BCUT2D eigenvalue weighted by Gasteiger charge is 2.26. The second kappa shape index (κ2) is 8.30. The second-order valence-electron chi connectivity index (χ2n) is 8.26. The van der Waals surface area contributed by atoms with Crippen LogP contribution in [0.4, 0.5) is 0 Å². The monoisotopic (exact) mass is 455 g/mol. The van der Waals surface area contributed by atoms with Gasteiger partial charge in [-0.2, -0.15) is 0 Å². The molecular formula is C24H23Cl2N3O2. The van der Waals surface area contributed by atoms with E-state index in [1.165, 1.54) is 12.8 Å². The van der Waals surface area contributed by atoms with Crippen LogP contribution in [0.5, 0.6) is 0 Å². The van der Waals surface area contributed by atoms with Crippen LogP contribution >= 0.6 is 23.2 Å². The molecular weight excluding hydrogens is 433 g/mol. The maximum Gasteiger partial charge on any atom is 0.323 e. The van der Waals surface area contributed by atoms with Gasteiger partial charge in [-0.3, -0.25) is 14.7 Å². The number of hydrogen-bond donors (Lipinski definition) is 1. The standard InChI is InChI=1S/C24H23Cl2N3O2/c25-15-4-6-21-19(11-15)24(18-7-8-27-20-12-16(26)3-5-17(18)20)22(29(21)14-23(30)31)13-28-9-1-2-10-28/h3-4,6-8,11H,1-2,5,9-10,12-14H2,(H,30,31). The number of aliphatic carboxylic acids is 1. The van der Waals surface area contributed by atoms with Gasteiger partial charge < -0.3 is 9.67 Å². The van der Waals surface area contributed by atoms with Crippen LogP contribution in [0.25, 0.3) is 22.0 Å². The molecule has 0 amide bonds. The van der Waals surface area contributed by atoms with E-state index in [-0.39, 0.29) is 6.54 Å². The molecule has 1 aromatic carbocycles. The van der Waals surface area contributed by atoms with Crippen LogP contribution in [0, 0.1) is 0 Å². The van der Waals surface area contributed by atoms with Crippen LogP contribution in [0.15, 0.2) is 41.6 Å². The van der Waals surface area contributed by atoms with Gasteiger partial charge >= 0.3 is 5.97 Å². The number of carboxylic acid groups (broad SMARTS) is 1. The average molecular weight is 456 g/mol. The number of carboxylic acids is 1. The van der Waals surface area contributed by atoms with Gasteiger partial charge in [0.15, 0.2) is 0 Å². The Morgan fingerprint density at radius 2 is 1.97 bits per heavy atom. The van der Waals surface area contributed by atoms with Gasteiger partial charge in [-0.05, 0) is 67.7 Å². The van der Waals surface area contributed by atoms with E-state index in [1.54, 1.807) is 0 Å². The van der Waals surface area contributed by atoms with Crippen molar-refractivity contribution < 1.29 is 9.90 Å². The Morgan fingerprint density at radius 3 is 2.74 bits per heavy atom. The largest absolute Gasteiger partial charge is 0.480 e. The fourth-order valence-corrected chi connectivity index (χ4v) is 5.28. The van der Waals surface area contributed by atoms with Crippen LogP contribution in [0.2, 0.25) is 5.02 Å². The third-order valence-electron chi connectivity index (χ3n) is 6.28. The third kappa shape index (κ3) is 3.86. The minimum atomic E-state index is -0.854. The molecule has 1 aliphatic carbocycles. The Balaban J connectivity index is 1.78. The zero-order valence-corrected chi connectivity index (χ0v) is 18.6. The first-order valence-electron chi connectivity index (χ1n) is 10.6. The third-order valence-corrected chi connectivity index (χ3v) is 6.80. The molecule has 0 radical (unpaired) electrons. The molecule has 0 unspecified atom stereocenters. The van der Waals surface area contributed by atoms with Gasteiger partial charge in [0.05, 0.1) is 0 Å². The summed E-state index contributed by atoms with van der Waals surface area (Å²) in [5.41, 5.74) is 6.22. The van der Waals surface area contributed by atoms with Crippen LogP contribution < -0.4 is 0 Å². The molecule has 1 N–H and O–H groups in total. The van der Waals surface area contributed by atoms with E-state index < -0.39 is 5.97 Å². The number of carbonyl (C=O) groups is 1. The Morgan fingerprint density at radius 1 is 1.16 bits per heavy atom. The van der Waals surface area contributed by atoms with Crippen molar-refractivity contribution in [2.24, 2.45) is 0 Å². The summed E-state index contributed by atoms with van der Waals surface area (Å²) in [5.74, 6) is -0.854. The van der Waals surface area contributed by atoms with E-state index >= 15 is 0 Å². The Hall–Kier alpha value is -2.34. The summed E-state index contributed by atoms with van der Waals surface area (Å²) in [6.45, 7) is 2.69. The topological polar surface area (TPSA) is 58.4 Å². The van der Waals surface area contributed by atoms with Crippen molar-refractivity contribution in [1.29, 1.82) is 0 Å². The summed E-state index contributed by atoms with van der Waals surface area (Å²) in [6, 6.07) is 7.76. The van der Waals surface area contributed by atoms with Gasteiger partial charge in [-0.1, -0.05) is 29.3 Å². The Bertz CT molecular complexity index is 1210. The molecule has 2 aliphatic rings. The highest BCUT2D eigenvalue weighted by atomic mass is 35.5. The zero-order chi connectivity index (χ0) is 21.5. The van der Waals surface area contributed by atoms with Crippen molar-refractivity contribution in [3.8, 4) is 11.1 Å². The van der Waals surface area contributed by atoms with Crippen molar-refractivity contribution in [2.75, 3.05) is 13.1 Å². The predicted octanol–water partition coefficient (Wildman–Crippen LogP) is 5.26. The van der Waals surface area contributed by atoms with Gasteiger partial charge in [0.25, 0.3) is 0 Å². The summed E-state index contributed by atoms with van der Waals surface area (Å²) >= 11 is 12.7. The molecule has 1 aliphatic heterocycles. The molecule has 5 nitrogen and oxygen atoms in total. The van der Waals surface area contributed by atoms with E-state index in [9.17, 15) is 9.90 Å². The molecule has 0 saturated carbocycles. The molecule has 3 heterocycles. The van der Waals surface area contributed by atoms with Crippen LogP contribution in [0.1, 0.15) is 29.8 Å². The minimum Gasteiger partial charge on any atom is -0.480 e. The van der Waals surface area contributed by atoms with Crippen molar-refractivity contribution in [3.05, 3.63) is 63.5 Å². The number of allylic oxidation sites excluding steroid dienone is 2. The predicted molar refractivity (Wildman–Crippen MR) is 124 cm³/mol. The lowest BCUT2D eigenvalue weighted by molar-refractivity contribution is -0.137. The maximum atomic E-state index is 11.8. The first-order valence-corrected chi connectivity index (χ1v) is 11.3. The minimum absolute atomic E-state index is 0.0830. The fraction of sp³-hybridized carbons (Fsp3) is 0.333. The van der Waals surface area contributed by atoms with E-state index in [4.69, 9.17) is 23.2 Å². The molecule has 160 valence electrons. The van der Waals surface area contributed by atoms with Crippen molar-refractivity contribution >= 4 is 40.1 Å². The first-order chi connectivity index (χ1) is 15.0. The maximum absolute atomic E-state index is 11.8. The average Bonchev–Trinajstić information content (AvgIpc) is 3.34. The van der Waals surface area contributed by atoms with E-state index in [1.807, 2.05) is 41.1 Å². The molecule has 7 heteroatoms. The van der Waals surface area contributed by atoms with Crippen molar-refractivity contribution in [3.63, 3.8) is 0 Å². The quantitative estimate of drug-likeness (QED) is 0.569. The van der Waals surface area contributed by atoms with E-state index in [0.29, 0.717) is 24.4 Å². The molecule has 5 rings (SSSR count). The fourth-order valence-electron chi connectivity index (χ4n) is 4.91. The van der Waals surface area contributed by atoms with Gasteiger partial charge in [-0.25, -0.2) is 0 Å². The van der Waals surface area contributed by atoms with Gasteiger partial charge in [0.2, 0.25) is 0 Å². The lowest BCUT2D eigenvalue weighted by Gasteiger charge is -2.21. The molecule has 3 aromatic rings. The number of halogens is 2. The molecule has 2 aromatic heterocycles. The van der Waals surface area contributed by atoms with Gasteiger partial charge in [0.1, 0.15) is 6.54 Å². The number of benzene rings is 1. The lowest BCUT2D eigenvalue weighted by atomic mass is 9.91. The first kappa shape index (κ1) is 20.6. The molecule has 0 atom stereocenters. The lowest BCUT2D eigenvalue weighted by Crippen LogP contribution is -2.22. The van der Waals surface area contributed by atoms with Crippen LogP contribution in [0.3, 0.4) is 0 Å². The number of likely N-dealkylation sites (tertiary alicyclic amines) is 1. The molecule has 31 heavy (non-hydrogen) atoms. The van der Waals surface area contributed by atoms with Crippen LogP contribution in [-0.4, -0.2) is 38.6 Å². The molecule has 1 fully saturated rings. The van der Waals surface area contributed by atoms with Crippen molar-refractivity contribution in [2.45, 2.75) is 38.8 Å². The Labute approximate surface area is 190 Å². The number of aromatic nitrogens is 2. The second-order valence-corrected chi connectivity index (χ2v) is 9.18. The van der Waals surface area contributed by atoms with Crippen molar-refractivity contribution in [1.82, 2.24) is 14.5 Å². The molecule has 0 bridgehead atoms. The number of rotatable bonds is 5. The van der Waals surface area contributed by atoms with E-state index in [0.717, 1.165) is 57.1 Å². The van der Waals surface area contributed by atoms with Gasteiger partial charge in [0, 0.05) is 57.1 Å². The number of hydrogen-bond acceptors (Lipinski definition) is 3. The highest BCUT2D eigenvalue weighted by molar-refractivity contribution is 6.31. The smallest absolute Gasteiger partial charge is 0.323 e. The Kier molecular flexibility index (Phi) is 5.51. The normalized spacial score (nSPS) is 16.5. The van der Waals surface area contributed by atoms with Crippen LogP contribution in [-0.2, 0) is 30.7 Å². The zero-order valence-electron chi connectivity index (χ0n) is 17.1. The molecule has 0 spiro atoms. The summed E-state index contributed by atoms with van der Waals surface area (Å²) < 4.78 is 1.94. The highest BCUT2D eigenvalue weighted by Crippen LogP contribution is 2.41. The van der Waals surface area contributed by atoms with Gasteiger partial charge in [-0.15, -0.1) is 0 Å². The summed E-state index contributed by atoms with van der Waals surface area (Å²) in [4.78, 5) is 18.8. The summed E-state index contributed by atoms with van der Waals surface area (Å²) in [7, 11) is 0. The summed E-state index contributed by atoms with van der Waals surface area (Å²) in [6.07, 6.45) is 7.56. The SMILES string of the molecule is O=C(O)Cn1c(CN2CCCC2)c(-c2ccnc3c2CC=C(Cl)C3)c2cc(Cl)ccc21.